The Hall–Kier alpha value is -1.74. The van der Waals surface area contributed by atoms with Gasteiger partial charge < -0.3 is 14.5 Å². The molecule has 2 rings (SSSR count). The average Bonchev–Trinajstić information content (AvgIpc) is 2.93. The van der Waals surface area contributed by atoms with Gasteiger partial charge in [0, 0.05) is 11.6 Å². The zero-order valence-electron chi connectivity index (χ0n) is 11.7. The molecule has 1 heterocycles. The van der Waals surface area contributed by atoms with Crippen molar-refractivity contribution in [1.29, 1.82) is 0 Å². The first-order chi connectivity index (χ1) is 9.22. The van der Waals surface area contributed by atoms with Crippen LogP contribution in [0, 0.1) is 0 Å². The van der Waals surface area contributed by atoms with Crippen LogP contribution in [0.25, 0.3) is 0 Å². The first-order valence-corrected chi connectivity index (χ1v) is 6.73. The molecular weight excluding hydrogens is 238 g/mol. The fraction of sp³-hybridized carbons (Fsp3) is 0.375. The van der Waals surface area contributed by atoms with Crippen LogP contribution in [-0.4, -0.2) is 6.61 Å². The number of nitrogens with one attached hydrogen (secondary N) is 1. The lowest BCUT2D eigenvalue weighted by atomic mass is 10.1. The third kappa shape index (κ3) is 3.38. The zero-order valence-corrected chi connectivity index (χ0v) is 11.7. The molecule has 0 radical (unpaired) electrons. The molecule has 3 nitrogen and oxygen atoms in total. The van der Waals surface area contributed by atoms with Crippen molar-refractivity contribution in [1.82, 2.24) is 5.32 Å². The molecule has 0 aliphatic heterocycles. The molecule has 2 atom stereocenters. The molecule has 102 valence electrons. The van der Waals surface area contributed by atoms with Crippen LogP contribution in [0.15, 0.2) is 47.1 Å². The van der Waals surface area contributed by atoms with Gasteiger partial charge in [0.2, 0.25) is 0 Å². The van der Waals surface area contributed by atoms with Crippen LogP contribution in [0.1, 0.15) is 44.2 Å². The van der Waals surface area contributed by atoms with Gasteiger partial charge in [0.05, 0.1) is 18.9 Å². The Labute approximate surface area is 114 Å². The van der Waals surface area contributed by atoms with E-state index >= 15 is 0 Å². The highest BCUT2D eigenvalue weighted by molar-refractivity contribution is 5.35. The highest BCUT2D eigenvalue weighted by atomic mass is 16.5. The molecule has 2 aromatic rings. The van der Waals surface area contributed by atoms with Gasteiger partial charge >= 0.3 is 0 Å². The lowest BCUT2D eigenvalue weighted by Crippen LogP contribution is -2.22. The first kappa shape index (κ1) is 13.7. The Bertz CT molecular complexity index is 493. The summed E-state index contributed by atoms with van der Waals surface area (Å²) in [5, 5.41) is 3.52. The van der Waals surface area contributed by atoms with Gasteiger partial charge in [-0.1, -0.05) is 18.2 Å². The van der Waals surface area contributed by atoms with Crippen LogP contribution in [-0.2, 0) is 0 Å². The minimum absolute atomic E-state index is 0.166. The van der Waals surface area contributed by atoms with E-state index in [0.717, 1.165) is 11.5 Å². The Morgan fingerprint density at radius 2 is 1.89 bits per heavy atom. The summed E-state index contributed by atoms with van der Waals surface area (Å²) >= 11 is 0. The molecule has 0 fully saturated rings. The monoisotopic (exact) mass is 259 g/mol. The van der Waals surface area contributed by atoms with Crippen molar-refractivity contribution in [3.63, 3.8) is 0 Å². The molecule has 1 N–H and O–H groups in total. The topological polar surface area (TPSA) is 34.4 Å². The standard InChI is InChI=1S/C16H21NO2/c1-4-18-16-9-6-5-8-14(16)12(2)17-13(3)15-10-7-11-19-15/h5-13,17H,4H2,1-3H3/t12?,13-/m0/s1. The minimum Gasteiger partial charge on any atom is -0.494 e. The Kier molecular flexibility index (Phi) is 4.63. The molecule has 0 aliphatic rings. The molecule has 0 aliphatic carbocycles. The summed E-state index contributed by atoms with van der Waals surface area (Å²) in [7, 11) is 0. The Balaban J connectivity index is 2.09. The summed E-state index contributed by atoms with van der Waals surface area (Å²) in [6.45, 7) is 6.91. The van der Waals surface area contributed by atoms with Gasteiger partial charge in [-0.25, -0.2) is 0 Å². The maximum absolute atomic E-state index is 5.67. The summed E-state index contributed by atoms with van der Waals surface area (Å²) in [6.07, 6.45) is 1.70. The van der Waals surface area contributed by atoms with E-state index in [-0.39, 0.29) is 12.1 Å². The third-order valence-electron chi connectivity index (χ3n) is 3.16. The van der Waals surface area contributed by atoms with Crippen molar-refractivity contribution in [2.75, 3.05) is 6.61 Å². The molecule has 0 bridgehead atoms. The second kappa shape index (κ2) is 6.43. The fourth-order valence-electron chi connectivity index (χ4n) is 2.21. The maximum atomic E-state index is 5.67. The Morgan fingerprint density at radius 3 is 2.58 bits per heavy atom. The summed E-state index contributed by atoms with van der Waals surface area (Å²) in [6, 6.07) is 12.4. The predicted molar refractivity (Wildman–Crippen MR) is 76.3 cm³/mol. The third-order valence-corrected chi connectivity index (χ3v) is 3.16. The summed E-state index contributed by atoms with van der Waals surface area (Å²) < 4.78 is 11.1. The van der Waals surface area contributed by atoms with E-state index in [0.29, 0.717) is 6.61 Å². The van der Waals surface area contributed by atoms with Crippen LogP contribution in [0.4, 0.5) is 0 Å². The molecule has 0 saturated carbocycles. The number of rotatable bonds is 6. The van der Waals surface area contributed by atoms with E-state index in [1.54, 1.807) is 6.26 Å². The van der Waals surface area contributed by atoms with Crippen molar-refractivity contribution in [2.45, 2.75) is 32.9 Å². The number of para-hydroxylation sites is 1. The quantitative estimate of drug-likeness (QED) is 0.848. The maximum Gasteiger partial charge on any atom is 0.124 e. The van der Waals surface area contributed by atoms with E-state index in [9.17, 15) is 0 Å². The number of hydrogen-bond acceptors (Lipinski definition) is 3. The predicted octanol–water partition coefficient (Wildman–Crippen LogP) is 4.09. The number of benzene rings is 1. The second-order valence-corrected chi connectivity index (χ2v) is 4.60. The van der Waals surface area contributed by atoms with E-state index in [2.05, 4.69) is 25.2 Å². The molecule has 19 heavy (non-hydrogen) atoms. The van der Waals surface area contributed by atoms with Gasteiger partial charge in [-0.05, 0) is 39.0 Å². The molecule has 0 saturated heterocycles. The number of ether oxygens (including phenoxy) is 1. The summed E-state index contributed by atoms with van der Waals surface area (Å²) in [5.74, 6) is 1.89. The van der Waals surface area contributed by atoms with Crippen LogP contribution >= 0.6 is 0 Å². The highest BCUT2D eigenvalue weighted by Crippen LogP contribution is 2.27. The van der Waals surface area contributed by atoms with Gasteiger partial charge in [0.1, 0.15) is 11.5 Å². The van der Waals surface area contributed by atoms with Crippen LogP contribution in [0.5, 0.6) is 5.75 Å². The molecule has 1 unspecified atom stereocenters. The lowest BCUT2D eigenvalue weighted by Gasteiger charge is -2.21. The van der Waals surface area contributed by atoms with Crippen molar-refractivity contribution in [2.24, 2.45) is 0 Å². The van der Waals surface area contributed by atoms with Gasteiger partial charge in [-0.2, -0.15) is 0 Å². The van der Waals surface area contributed by atoms with Gasteiger partial charge in [-0.3, -0.25) is 0 Å². The van der Waals surface area contributed by atoms with Gasteiger partial charge in [-0.15, -0.1) is 0 Å². The summed E-state index contributed by atoms with van der Waals surface area (Å²) in [5.41, 5.74) is 1.17. The molecule has 3 heteroatoms. The van der Waals surface area contributed by atoms with E-state index in [1.807, 2.05) is 37.3 Å². The molecule has 1 aromatic carbocycles. The normalized spacial score (nSPS) is 14.1. The summed E-state index contributed by atoms with van der Waals surface area (Å²) in [4.78, 5) is 0. The zero-order chi connectivity index (χ0) is 13.7. The van der Waals surface area contributed by atoms with Gasteiger partial charge in [0.25, 0.3) is 0 Å². The molecular formula is C16H21NO2. The fourth-order valence-corrected chi connectivity index (χ4v) is 2.21. The smallest absolute Gasteiger partial charge is 0.124 e. The lowest BCUT2D eigenvalue weighted by molar-refractivity contribution is 0.328. The second-order valence-electron chi connectivity index (χ2n) is 4.60. The first-order valence-electron chi connectivity index (χ1n) is 6.73. The van der Waals surface area contributed by atoms with Crippen molar-refractivity contribution in [3.05, 3.63) is 54.0 Å². The van der Waals surface area contributed by atoms with Crippen LogP contribution in [0.3, 0.4) is 0 Å². The average molecular weight is 259 g/mol. The number of hydrogen-bond donors (Lipinski definition) is 1. The Morgan fingerprint density at radius 1 is 1.11 bits per heavy atom. The number of furan rings is 1. The minimum atomic E-state index is 0.166. The molecule has 0 amide bonds. The molecule has 0 spiro atoms. The van der Waals surface area contributed by atoms with Crippen molar-refractivity contribution in [3.8, 4) is 5.75 Å². The van der Waals surface area contributed by atoms with Crippen molar-refractivity contribution < 1.29 is 9.15 Å². The van der Waals surface area contributed by atoms with Crippen LogP contribution in [0.2, 0.25) is 0 Å². The van der Waals surface area contributed by atoms with E-state index in [4.69, 9.17) is 9.15 Å². The van der Waals surface area contributed by atoms with Gasteiger partial charge in [0.15, 0.2) is 0 Å². The largest absolute Gasteiger partial charge is 0.494 e. The molecule has 1 aromatic heterocycles. The van der Waals surface area contributed by atoms with Crippen molar-refractivity contribution >= 4 is 0 Å². The van der Waals surface area contributed by atoms with Crippen LogP contribution < -0.4 is 10.1 Å². The SMILES string of the molecule is CCOc1ccccc1C(C)N[C@@H](C)c1ccco1. The van der Waals surface area contributed by atoms with E-state index < -0.39 is 0 Å². The highest BCUT2D eigenvalue weighted by Gasteiger charge is 2.15. The van der Waals surface area contributed by atoms with E-state index in [1.165, 1.54) is 5.56 Å².